The van der Waals surface area contributed by atoms with Crippen molar-refractivity contribution in [2.24, 2.45) is 0 Å². The summed E-state index contributed by atoms with van der Waals surface area (Å²) in [4.78, 5) is 14.4. The van der Waals surface area contributed by atoms with Gasteiger partial charge in [0.1, 0.15) is 0 Å². The Morgan fingerprint density at radius 3 is 2.83 bits per heavy atom. The third kappa shape index (κ3) is 4.48. The van der Waals surface area contributed by atoms with Crippen LogP contribution in [0.4, 0.5) is 8.78 Å². The lowest BCUT2D eigenvalue weighted by molar-refractivity contribution is -0.124. The molecule has 4 nitrogen and oxygen atoms in total. The van der Waals surface area contributed by atoms with Crippen LogP contribution in [-0.2, 0) is 11.3 Å². The normalized spacial score (nSPS) is 27.7. The first-order chi connectivity index (χ1) is 11.0. The van der Waals surface area contributed by atoms with Gasteiger partial charge in [-0.1, -0.05) is 30.3 Å². The van der Waals surface area contributed by atoms with Gasteiger partial charge in [0.2, 0.25) is 5.91 Å². The van der Waals surface area contributed by atoms with E-state index >= 15 is 0 Å². The van der Waals surface area contributed by atoms with Crippen molar-refractivity contribution >= 4 is 5.91 Å². The molecule has 0 aliphatic carbocycles. The van der Waals surface area contributed by atoms with Gasteiger partial charge in [0.05, 0.1) is 12.6 Å². The molecule has 0 saturated carbocycles. The summed E-state index contributed by atoms with van der Waals surface area (Å²) in [7, 11) is 0. The largest absolute Gasteiger partial charge is 0.351 e. The summed E-state index contributed by atoms with van der Waals surface area (Å²) in [5, 5.41) is 5.55. The van der Waals surface area contributed by atoms with Gasteiger partial charge < -0.3 is 5.32 Å². The van der Waals surface area contributed by atoms with E-state index in [9.17, 15) is 13.6 Å². The highest BCUT2D eigenvalue weighted by Crippen LogP contribution is 2.25. The van der Waals surface area contributed by atoms with E-state index in [2.05, 4.69) is 27.7 Å². The molecule has 2 saturated heterocycles. The van der Waals surface area contributed by atoms with Crippen molar-refractivity contribution in [1.82, 2.24) is 15.5 Å². The van der Waals surface area contributed by atoms with E-state index in [1.165, 1.54) is 5.56 Å². The number of nitrogens with zero attached hydrogens (tertiary/aromatic N) is 1. The molecule has 0 radical (unpaired) electrons. The number of piperidine rings is 1. The maximum Gasteiger partial charge on any atom is 0.262 e. The minimum Gasteiger partial charge on any atom is -0.351 e. The van der Waals surface area contributed by atoms with Crippen molar-refractivity contribution in [2.75, 3.05) is 19.6 Å². The summed E-state index contributed by atoms with van der Waals surface area (Å²) in [5.74, 6) is -3.07. The second-order valence-electron chi connectivity index (χ2n) is 6.56. The van der Waals surface area contributed by atoms with Crippen molar-refractivity contribution in [3.05, 3.63) is 35.9 Å². The van der Waals surface area contributed by atoms with Crippen LogP contribution >= 0.6 is 0 Å². The number of benzene rings is 1. The third-order valence-electron chi connectivity index (χ3n) is 4.53. The second kappa shape index (κ2) is 6.93. The van der Waals surface area contributed by atoms with Crippen LogP contribution in [-0.4, -0.2) is 48.4 Å². The van der Waals surface area contributed by atoms with E-state index < -0.39 is 24.9 Å². The molecule has 0 spiro atoms. The van der Waals surface area contributed by atoms with Crippen LogP contribution in [0.5, 0.6) is 0 Å². The Bertz CT molecular complexity index is 538. The topological polar surface area (TPSA) is 44.4 Å². The average molecular weight is 323 g/mol. The molecule has 3 rings (SSSR count). The zero-order valence-corrected chi connectivity index (χ0v) is 13.1. The minimum absolute atomic E-state index is 0.0379. The maximum absolute atomic E-state index is 13.2. The van der Waals surface area contributed by atoms with Crippen molar-refractivity contribution < 1.29 is 13.6 Å². The predicted molar refractivity (Wildman–Crippen MR) is 84.2 cm³/mol. The Kier molecular flexibility index (Phi) is 4.92. The molecule has 2 unspecified atom stereocenters. The maximum atomic E-state index is 13.2. The molecule has 2 N–H and O–H groups in total. The fraction of sp³-hybridized carbons (Fsp3) is 0.588. The molecule has 2 atom stereocenters. The van der Waals surface area contributed by atoms with E-state index in [-0.39, 0.29) is 11.9 Å². The van der Waals surface area contributed by atoms with E-state index in [4.69, 9.17) is 0 Å². The molecule has 0 aromatic heterocycles. The van der Waals surface area contributed by atoms with Gasteiger partial charge in [0.15, 0.2) is 0 Å². The van der Waals surface area contributed by atoms with Crippen LogP contribution in [0.2, 0.25) is 0 Å². The highest BCUT2D eigenvalue weighted by molar-refractivity contribution is 5.82. The van der Waals surface area contributed by atoms with Gasteiger partial charge in [-0.3, -0.25) is 15.0 Å². The molecule has 1 aromatic rings. The fourth-order valence-corrected chi connectivity index (χ4v) is 3.36. The van der Waals surface area contributed by atoms with Gasteiger partial charge in [-0.25, -0.2) is 8.78 Å². The summed E-state index contributed by atoms with van der Waals surface area (Å²) in [6.45, 7) is 2.22. The van der Waals surface area contributed by atoms with Crippen LogP contribution < -0.4 is 10.6 Å². The Morgan fingerprint density at radius 1 is 1.35 bits per heavy atom. The first-order valence-electron chi connectivity index (χ1n) is 8.20. The number of hydrogen-bond acceptors (Lipinski definition) is 3. The van der Waals surface area contributed by atoms with Gasteiger partial charge in [0, 0.05) is 25.6 Å². The zero-order valence-electron chi connectivity index (χ0n) is 13.1. The van der Waals surface area contributed by atoms with Crippen LogP contribution in [0.1, 0.15) is 24.8 Å². The first kappa shape index (κ1) is 16.3. The summed E-state index contributed by atoms with van der Waals surface area (Å²) < 4.78 is 26.4. The number of carbonyl (C=O) groups is 1. The Labute approximate surface area is 135 Å². The SMILES string of the molecule is O=C(NC1CCCN(Cc2ccccc2)C1)C1CC(F)(F)CN1. The van der Waals surface area contributed by atoms with Crippen molar-refractivity contribution in [2.45, 2.75) is 43.8 Å². The first-order valence-corrected chi connectivity index (χ1v) is 8.20. The van der Waals surface area contributed by atoms with Crippen LogP contribution in [0.15, 0.2) is 30.3 Å². The van der Waals surface area contributed by atoms with Gasteiger partial charge in [-0.05, 0) is 24.9 Å². The van der Waals surface area contributed by atoms with Gasteiger partial charge in [0.25, 0.3) is 5.92 Å². The van der Waals surface area contributed by atoms with Crippen molar-refractivity contribution in [3.8, 4) is 0 Å². The number of carbonyl (C=O) groups excluding carboxylic acids is 1. The third-order valence-corrected chi connectivity index (χ3v) is 4.53. The highest BCUT2D eigenvalue weighted by Gasteiger charge is 2.42. The Balaban J connectivity index is 1.50. The molecule has 126 valence electrons. The molecule has 1 aromatic carbocycles. The molecular weight excluding hydrogens is 300 g/mol. The van der Waals surface area contributed by atoms with E-state index in [0.29, 0.717) is 0 Å². The Morgan fingerprint density at radius 2 is 2.13 bits per heavy atom. The van der Waals surface area contributed by atoms with Gasteiger partial charge in [-0.15, -0.1) is 0 Å². The quantitative estimate of drug-likeness (QED) is 0.887. The molecule has 2 fully saturated rings. The number of nitrogens with one attached hydrogen (secondary N) is 2. The summed E-state index contributed by atoms with van der Waals surface area (Å²) >= 11 is 0. The summed E-state index contributed by atoms with van der Waals surface area (Å²) in [6, 6.07) is 9.48. The number of rotatable bonds is 4. The molecule has 2 aliphatic heterocycles. The molecule has 23 heavy (non-hydrogen) atoms. The number of amides is 1. The zero-order chi connectivity index (χ0) is 16.3. The lowest BCUT2D eigenvalue weighted by Crippen LogP contribution is -2.51. The monoisotopic (exact) mass is 323 g/mol. The van der Waals surface area contributed by atoms with Gasteiger partial charge in [-0.2, -0.15) is 0 Å². The number of alkyl halides is 2. The van der Waals surface area contributed by atoms with Crippen LogP contribution in [0, 0.1) is 0 Å². The summed E-state index contributed by atoms with van der Waals surface area (Å²) in [5.41, 5.74) is 1.25. The smallest absolute Gasteiger partial charge is 0.262 e. The molecule has 2 heterocycles. The Hall–Kier alpha value is -1.53. The van der Waals surface area contributed by atoms with Crippen LogP contribution in [0.25, 0.3) is 0 Å². The average Bonchev–Trinajstić information content (AvgIpc) is 2.89. The molecule has 0 bridgehead atoms. The fourth-order valence-electron chi connectivity index (χ4n) is 3.36. The standard InChI is InChI=1S/C17H23F2N3O/c18-17(19)9-15(20-12-17)16(23)21-14-7-4-8-22(11-14)10-13-5-2-1-3-6-13/h1-3,5-6,14-15,20H,4,7-12H2,(H,21,23). The summed E-state index contributed by atoms with van der Waals surface area (Å²) in [6.07, 6.45) is 1.51. The van der Waals surface area contributed by atoms with E-state index in [1.54, 1.807) is 0 Å². The predicted octanol–water partition coefficient (Wildman–Crippen LogP) is 1.76. The minimum atomic E-state index is -2.77. The molecule has 6 heteroatoms. The highest BCUT2D eigenvalue weighted by atomic mass is 19.3. The molecule has 1 amide bonds. The number of hydrogen-bond donors (Lipinski definition) is 2. The van der Waals surface area contributed by atoms with Crippen LogP contribution in [0.3, 0.4) is 0 Å². The number of halogens is 2. The molecule has 2 aliphatic rings. The van der Waals surface area contributed by atoms with E-state index in [0.717, 1.165) is 32.5 Å². The van der Waals surface area contributed by atoms with Crippen molar-refractivity contribution in [1.29, 1.82) is 0 Å². The van der Waals surface area contributed by atoms with Gasteiger partial charge >= 0.3 is 0 Å². The van der Waals surface area contributed by atoms with Crippen molar-refractivity contribution in [3.63, 3.8) is 0 Å². The number of likely N-dealkylation sites (tertiary alicyclic amines) is 1. The second-order valence-corrected chi connectivity index (χ2v) is 6.56. The molecular formula is C17H23F2N3O. The van der Waals surface area contributed by atoms with E-state index in [1.807, 2.05) is 18.2 Å². The lowest BCUT2D eigenvalue weighted by atomic mass is 10.0. The lowest BCUT2D eigenvalue weighted by Gasteiger charge is -2.33.